The molecule has 1 aromatic heterocycles. The topological polar surface area (TPSA) is 91.7 Å². The van der Waals surface area contributed by atoms with Gasteiger partial charge in [-0.15, -0.1) is 0 Å². The fraction of sp³-hybridized carbons (Fsp3) is 0.160. The maximum absolute atomic E-state index is 13.3. The van der Waals surface area contributed by atoms with Crippen molar-refractivity contribution in [3.8, 4) is 22.9 Å². The van der Waals surface area contributed by atoms with Gasteiger partial charge < -0.3 is 19.5 Å². The van der Waals surface area contributed by atoms with E-state index in [9.17, 15) is 9.59 Å². The number of aromatic nitrogens is 2. The Morgan fingerprint density at radius 1 is 0.912 bits per heavy atom. The van der Waals surface area contributed by atoms with E-state index in [1.807, 2.05) is 6.07 Å². The molecule has 1 N–H and O–H groups in total. The predicted octanol–water partition coefficient (Wildman–Crippen LogP) is 4.14. The summed E-state index contributed by atoms with van der Waals surface area (Å²) in [6, 6.07) is 19.4. The normalized spacial score (nSPS) is 10.7. The first-order valence-electron chi connectivity index (χ1n) is 10.3. The zero-order chi connectivity index (χ0) is 24.1. The van der Waals surface area contributed by atoms with Crippen molar-refractivity contribution in [1.29, 1.82) is 0 Å². The highest BCUT2D eigenvalue weighted by atomic mass is 32.2. The third-order valence-electron chi connectivity index (χ3n) is 5.04. The quantitative estimate of drug-likeness (QED) is 0.301. The molecule has 0 aliphatic heterocycles. The lowest BCUT2D eigenvalue weighted by atomic mass is 10.2. The molecule has 0 fully saturated rings. The van der Waals surface area contributed by atoms with E-state index in [-0.39, 0.29) is 17.2 Å². The molecule has 0 aliphatic rings. The summed E-state index contributed by atoms with van der Waals surface area (Å²) in [5, 5.41) is 3.74. The molecular weight excluding hydrogens is 454 g/mol. The van der Waals surface area contributed by atoms with Gasteiger partial charge in [-0.2, -0.15) is 0 Å². The van der Waals surface area contributed by atoms with Crippen LogP contribution in [0.15, 0.2) is 76.7 Å². The van der Waals surface area contributed by atoms with Gasteiger partial charge in [0.05, 0.1) is 43.7 Å². The zero-order valence-corrected chi connectivity index (χ0v) is 19.7. The Morgan fingerprint density at radius 3 is 2.21 bits per heavy atom. The smallest absolute Gasteiger partial charge is 0.266 e. The third-order valence-corrected chi connectivity index (χ3v) is 5.98. The molecule has 1 heterocycles. The standard InChI is InChI=1S/C25H23N3O5S/c1-31-18-10-8-17(9-11-18)28-24(30)21-6-4-5-7-22(21)27-25(28)34-15-23(29)26-16-12-19(32-2)14-20(13-16)33-3/h4-14H,15H2,1-3H3,(H,26,29). The van der Waals surface area contributed by atoms with Gasteiger partial charge in [0.25, 0.3) is 5.56 Å². The molecule has 0 aliphatic carbocycles. The van der Waals surface area contributed by atoms with Gasteiger partial charge in [-0.05, 0) is 36.4 Å². The number of rotatable bonds is 8. The maximum Gasteiger partial charge on any atom is 0.266 e. The lowest BCUT2D eigenvalue weighted by molar-refractivity contribution is -0.113. The monoisotopic (exact) mass is 477 g/mol. The highest BCUT2D eigenvalue weighted by Crippen LogP contribution is 2.27. The van der Waals surface area contributed by atoms with Gasteiger partial charge in [0.15, 0.2) is 5.16 Å². The SMILES string of the molecule is COc1ccc(-n2c(SCC(=O)Nc3cc(OC)cc(OC)c3)nc3ccccc3c2=O)cc1. The second-order valence-electron chi connectivity index (χ2n) is 7.19. The van der Waals surface area contributed by atoms with Crippen LogP contribution in [0.3, 0.4) is 0 Å². The first kappa shape index (κ1) is 23.2. The molecule has 174 valence electrons. The first-order valence-corrected chi connectivity index (χ1v) is 11.3. The molecule has 4 rings (SSSR count). The number of carbonyl (C=O) groups excluding carboxylic acids is 1. The van der Waals surface area contributed by atoms with Crippen LogP contribution in [-0.2, 0) is 4.79 Å². The molecule has 0 atom stereocenters. The van der Waals surface area contributed by atoms with Crippen LogP contribution < -0.4 is 25.1 Å². The largest absolute Gasteiger partial charge is 0.497 e. The molecule has 0 radical (unpaired) electrons. The number of ether oxygens (including phenoxy) is 3. The number of para-hydroxylation sites is 1. The van der Waals surface area contributed by atoms with Gasteiger partial charge in [0.2, 0.25) is 5.91 Å². The van der Waals surface area contributed by atoms with Crippen LogP contribution in [0.1, 0.15) is 0 Å². The summed E-state index contributed by atoms with van der Waals surface area (Å²) >= 11 is 1.17. The Hall–Kier alpha value is -3.98. The number of hydrogen-bond acceptors (Lipinski definition) is 7. The van der Waals surface area contributed by atoms with Crippen molar-refractivity contribution in [3.63, 3.8) is 0 Å². The molecule has 3 aromatic carbocycles. The van der Waals surface area contributed by atoms with E-state index in [4.69, 9.17) is 14.2 Å². The summed E-state index contributed by atoms with van der Waals surface area (Å²) in [6.07, 6.45) is 0. The highest BCUT2D eigenvalue weighted by Gasteiger charge is 2.15. The number of carbonyl (C=O) groups is 1. The fourth-order valence-electron chi connectivity index (χ4n) is 3.37. The Morgan fingerprint density at radius 2 is 1.56 bits per heavy atom. The van der Waals surface area contributed by atoms with Crippen molar-refractivity contribution in [3.05, 3.63) is 77.1 Å². The van der Waals surface area contributed by atoms with Gasteiger partial charge in [-0.3, -0.25) is 14.2 Å². The average molecular weight is 478 g/mol. The van der Waals surface area contributed by atoms with E-state index in [0.29, 0.717) is 44.7 Å². The van der Waals surface area contributed by atoms with Gasteiger partial charge in [-0.25, -0.2) is 4.98 Å². The summed E-state index contributed by atoms with van der Waals surface area (Å²) in [4.78, 5) is 30.7. The minimum absolute atomic E-state index is 0.0421. The van der Waals surface area contributed by atoms with Crippen molar-refractivity contribution in [1.82, 2.24) is 9.55 Å². The molecule has 34 heavy (non-hydrogen) atoms. The number of benzene rings is 3. The lowest BCUT2D eigenvalue weighted by Crippen LogP contribution is -2.23. The number of amides is 1. The lowest BCUT2D eigenvalue weighted by Gasteiger charge is -2.14. The number of nitrogens with one attached hydrogen (secondary N) is 1. The van der Waals surface area contributed by atoms with Crippen molar-refractivity contribution in [2.45, 2.75) is 5.16 Å². The van der Waals surface area contributed by atoms with Crippen LogP contribution in [0.2, 0.25) is 0 Å². The summed E-state index contributed by atoms with van der Waals surface area (Å²) in [7, 11) is 4.66. The zero-order valence-electron chi connectivity index (χ0n) is 18.9. The number of thioether (sulfide) groups is 1. The van der Waals surface area contributed by atoms with Crippen LogP contribution in [0.4, 0.5) is 5.69 Å². The van der Waals surface area contributed by atoms with Gasteiger partial charge in [0, 0.05) is 23.9 Å². The molecule has 4 aromatic rings. The molecule has 9 heteroatoms. The molecule has 0 bridgehead atoms. The number of methoxy groups -OCH3 is 3. The first-order chi connectivity index (χ1) is 16.5. The molecule has 0 unspecified atom stereocenters. The summed E-state index contributed by atoms with van der Waals surface area (Å²) in [5.41, 5.74) is 1.53. The Bertz CT molecular complexity index is 1360. The minimum atomic E-state index is -0.260. The minimum Gasteiger partial charge on any atom is -0.497 e. The van der Waals surface area contributed by atoms with Crippen LogP contribution in [0.5, 0.6) is 17.2 Å². The maximum atomic E-state index is 13.3. The van der Waals surface area contributed by atoms with Gasteiger partial charge >= 0.3 is 0 Å². The fourth-order valence-corrected chi connectivity index (χ4v) is 4.19. The second kappa shape index (κ2) is 10.3. The van der Waals surface area contributed by atoms with Gasteiger partial charge in [0.1, 0.15) is 17.2 Å². The van der Waals surface area contributed by atoms with E-state index < -0.39 is 0 Å². The number of fused-ring (bicyclic) bond motifs is 1. The Balaban J connectivity index is 1.63. The summed E-state index contributed by atoms with van der Waals surface area (Å²) in [6.45, 7) is 0. The number of hydrogen-bond donors (Lipinski definition) is 1. The summed E-state index contributed by atoms with van der Waals surface area (Å²) in [5.74, 6) is 1.58. The van der Waals surface area contributed by atoms with Crippen LogP contribution >= 0.6 is 11.8 Å². The molecule has 0 spiro atoms. The van der Waals surface area contributed by atoms with Crippen molar-refractivity contribution in [2.75, 3.05) is 32.4 Å². The van der Waals surface area contributed by atoms with Crippen LogP contribution in [0.25, 0.3) is 16.6 Å². The molecule has 0 saturated heterocycles. The summed E-state index contributed by atoms with van der Waals surface area (Å²) < 4.78 is 17.2. The number of anilines is 1. The van der Waals surface area contributed by atoms with Gasteiger partial charge in [-0.1, -0.05) is 23.9 Å². The predicted molar refractivity (Wildman–Crippen MR) is 133 cm³/mol. The third kappa shape index (κ3) is 4.99. The molecule has 0 saturated carbocycles. The van der Waals surface area contributed by atoms with Crippen molar-refractivity contribution < 1.29 is 19.0 Å². The van der Waals surface area contributed by atoms with Crippen molar-refractivity contribution in [2.24, 2.45) is 0 Å². The van der Waals surface area contributed by atoms with Crippen LogP contribution in [-0.4, -0.2) is 42.5 Å². The van der Waals surface area contributed by atoms with E-state index in [0.717, 1.165) is 0 Å². The Kier molecular flexibility index (Phi) is 7.03. The van der Waals surface area contributed by atoms with E-state index in [1.54, 1.807) is 82.0 Å². The second-order valence-corrected chi connectivity index (χ2v) is 8.13. The van der Waals surface area contributed by atoms with Crippen LogP contribution in [0, 0.1) is 0 Å². The van der Waals surface area contributed by atoms with E-state index >= 15 is 0 Å². The van der Waals surface area contributed by atoms with Crippen molar-refractivity contribution >= 4 is 34.3 Å². The average Bonchev–Trinajstić information content (AvgIpc) is 2.87. The molecule has 8 nitrogen and oxygen atoms in total. The van der Waals surface area contributed by atoms with E-state index in [1.165, 1.54) is 16.3 Å². The highest BCUT2D eigenvalue weighted by molar-refractivity contribution is 7.99. The molecule has 1 amide bonds. The molecular formula is C25H23N3O5S. The Labute approximate surface area is 200 Å². The number of nitrogens with zero attached hydrogens (tertiary/aromatic N) is 2. The van der Waals surface area contributed by atoms with E-state index in [2.05, 4.69) is 10.3 Å².